The summed E-state index contributed by atoms with van der Waals surface area (Å²) in [6.45, 7) is 8.14. The number of carbonyl (C=O) groups is 1. The maximum absolute atomic E-state index is 12.2. The summed E-state index contributed by atoms with van der Waals surface area (Å²) >= 11 is 0. The Kier molecular flexibility index (Phi) is 6.02. The Labute approximate surface area is 200 Å². The molecule has 0 spiro atoms. The standard InChI is InChI=1S/C26H38O8/c1-12-14-9-13-5-6-18-25(2,3)19(34-24-22(30)21(29)20(28)17(11-27)33-24)7-8-26(18,4)15(13)10-16(14)32-23(12)31/h9,15-22,24,27-30H,5-8,10-11H2,1-4H3/t15-,16-,17-,18-,19-,20-,21+,22-,24+,26+/m1/s1. The molecule has 0 unspecified atom stereocenters. The minimum absolute atomic E-state index is 0.0251. The highest BCUT2D eigenvalue weighted by Gasteiger charge is 2.59. The zero-order valence-electron chi connectivity index (χ0n) is 20.4. The van der Waals surface area contributed by atoms with E-state index in [1.807, 2.05) is 6.92 Å². The van der Waals surface area contributed by atoms with Crippen LogP contribution in [0.5, 0.6) is 0 Å². The average molecular weight is 479 g/mol. The van der Waals surface area contributed by atoms with Crippen molar-refractivity contribution in [2.45, 2.75) is 103 Å². The van der Waals surface area contributed by atoms with Crippen LogP contribution in [0.2, 0.25) is 0 Å². The summed E-state index contributed by atoms with van der Waals surface area (Å²) in [4.78, 5) is 12.2. The lowest BCUT2D eigenvalue weighted by molar-refractivity contribution is -0.327. The van der Waals surface area contributed by atoms with Gasteiger partial charge in [-0.15, -0.1) is 0 Å². The topological polar surface area (TPSA) is 126 Å². The quantitative estimate of drug-likeness (QED) is 0.356. The van der Waals surface area contributed by atoms with Crippen LogP contribution in [-0.4, -0.2) is 75.9 Å². The molecule has 34 heavy (non-hydrogen) atoms. The Hall–Kier alpha value is -1.29. The van der Waals surface area contributed by atoms with Gasteiger partial charge in [-0.1, -0.05) is 32.4 Å². The second kappa shape index (κ2) is 8.39. The van der Waals surface area contributed by atoms with Crippen molar-refractivity contribution in [2.24, 2.45) is 22.7 Å². The molecule has 5 aliphatic rings. The van der Waals surface area contributed by atoms with E-state index in [4.69, 9.17) is 14.2 Å². The molecule has 0 radical (unpaired) electrons. The maximum atomic E-state index is 12.2. The van der Waals surface area contributed by atoms with Crippen molar-refractivity contribution in [3.63, 3.8) is 0 Å². The molecule has 2 aliphatic heterocycles. The smallest absolute Gasteiger partial charge is 0.334 e. The number of aliphatic hydroxyl groups excluding tert-OH is 4. The molecule has 0 bridgehead atoms. The maximum Gasteiger partial charge on any atom is 0.334 e. The molecule has 3 fully saturated rings. The number of allylic oxidation sites excluding steroid dienone is 1. The van der Waals surface area contributed by atoms with Crippen molar-refractivity contribution in [1.29, 1.82) is 0 Å². The summed E-state index contributed by atoms with van der Waals surface area (Å²) in [6.07, 6.45) is -0.00813. The Morgan fingerprint density at radius 1 is 1.12 bits per heavy atom. The molecule has 2 saturated carbocycles. The molecule has 1 saturated heterocycles. The van der Waals surface area contributed by atoms with Crippen molar-refractivity contribution in [3.05, 3.63) is 22.8 Å². The predicted octanol–water partition coefficient (Wildman–Crippen LogP) is 1.60. The van der Waals surface area contributed by atoms with Crippen molar-refractivity contribution < 1.29 is 39.4 Å². The van der Waals surface area contributed by atoms with Crippen LogP contribution in [0, 0.1) is 22.7 Å². The number of esters is 1. The normalized spacial score (nSPS) is 47.9. The lowest BCUT2D eigenvalue weighted by atomic mass is 9.45. The Morgan fingerprint density at radius 3 is 2.56 bits per heavy atom. The Morgan fingerprint density at radius 2 is 1.85 bits per heavy atom. The molecule has 4 N–H and O–H groups in total. The highest BCUT2D eigenvalue weighted by molar-refractivity contribution is 5.92. The van der Waals surface area contributed by atoms with Crippen LogP contribution in [0.3, 0.4) is 0 Å². The molecule has 0 amide bonds. The van der Waals surface area contributed by atoms with Gasteiger partial charge in [-0.2, -0.15) is 0 Å². The number of fused-ring (bicyclic) bond motifs is 4. The summed E-state index contributed by atoms with van der Waals surface area (Å²) in [7, 11) is 0. The van der Waals surface area contributed by atoms with Crippen LogP contribution < -0.4 is 0 Å². The van der Waals surface area contributed by atoms with Gasteiger partial charge in [0.2, 0.25) is 0 Å². The number of hydrogen-bond acceptors (Lipinski definition) is 8. The van der Waals surface area contributed by atoms with Gasteiger partial charge >= 0.3 is 5.97 Å². The van der Waals surface area contributed by atoms with Crippen molar-refractivity contribution in [3.8, 4) is 0 Å². The lowest BCUT2D eigenvalue weighted by Gasteiger charge is -2.61. The van der Waals surface area contributed by atoms with E-state index >= 15 is 0 Å². The van der Waals surface area contributed by atoms with Crippen LogP contribution >= 0.6 is 0 Å². The van der Waals surface area contributed by atoms with Gasteiger partial charge in [-0.25, -0.2) is 4.79 Å². The largest absolute Gasteiger partial charge is 0.454 e. The molecule has 0 aromatic rings. The number of ether oxygens (including phenoxy) is 3. The van der Waals surface area contributed by atoms with Crippen molar-refractivity contribution >= 4 is 5.97 Å². The van der Waals surface area contributed by atoms with Crippen LogP contribution in [0.25, 0.3) is 0 Å². The number of hydrogen-bond donors (Lipinski definition) is 4. The minimum Gasteiger partial charge on any atom is -0.454 e. The summed E-state index contributed by atoms with van der Waals surface area (Å²) in [5.74, 6) is 0.481. The van der Waals surface area contributed by atoms with E-state index in [2.05, 4.69) is 26.8 Å². The van der Waals surface area contributed by atoms with Crippen LogP contribution in [-0.2, 0) is 19.0 Å². The Balaban J connectivity index is 1.36. The third kappa shape index (κ3) is 3.52. The van der Waals surface area contributed by atoms with Crippen LogP contribution in [0.4, 0.5) is 0 Å². The molecule has 5 rings (SSSR count). The van der Waals surface area contributed by atoms with E-state index in [1.165, 1.54) is 5.57 Å². The summed E-state index contributed by atoms with van der Waals surface area (Å²) in [6, 6.07) is 0. The van der Waals surface area contributed by atoms with E-state index < -0.39 is 37.3 Å². The van der Waals surface area contributed by atoms with E-state index in [1.54, 1.807) is 0 Å². The van der Waals surface area contributed by atoms with E-state index in [0.717, 1.165) is 43.3 Å². The van der Waals surface area contributed by atoms with Gasteiger partial charge in [-0.05, 0) is 61.7 Å². The molecule has 10 atom stereocenters. The summed E-state index contributed by atoms with van der Waals surface area (Å²) < 4.78 is 17.6. The van der Waals surface area contributed by atoms with E-state index in [9.17, 15) is 25.2 Å². The highest BCUT2D eigenvalue weighted by Crippen LogP contribution is 2.64. The van der Waals surface area contributed by atoms with Gasteiger partial charge in [0.15, 0.2) is 6.29 Å². The fourth-order valence-electron chi connectivity index (χ4n) is 7.70. The number of aliphatic hydroxyl groups is 4. The summed E-state index contributed by atoms with van der Waals surface area (Å²) in [5.41, 5.74) is 3.00. The van der Waals surface area contributed by atoms with Gasteiger partial charge in [0.1, 0.15) is 30.5 Å². The second-order valence-corrected chi connectivity index (χ2v) is 11.8. The van der Waals surface area contributed by atoms with E-state index in [0.29, 0.717) is 11.8 Å². The first-order chi connectivity index (χ1) is 16.0. The van der Waals surface area contributed by atoms with Crippen molar-refractivity contribution in [1.82, 2.24) is 0 Å². The molecule has 190 valence electrons. The molecular weight excluding hydrogens is 440 g/mol. The van der Waals surface area contributed by atoms with Gasteiger partial charge in [0.25, 0.3) is 0 Å². The first kappa shape index (κ1) is 24.4. The first-order valence-corrected chi connectivity index (χ1v) is 12.6. The molecule has 0 aromatic carbocycles. The van der Waals surface area contributed by atoms with Gasteiger partial charge in [0, 0.05) is 11.1 Å². The third-order valence-corrected chi connectivity index (χ3v) is 9.71. The molecular formula is C26H38O8. The van der Waals surface area contributed by atoms with E-state index in [-0.39, 0.29) is 29.0 Å². The monoisotopic (exact) mass is 478 g/mol. The SMILES string of the molecule is CC1=C2C=C3CC[C@@H]4C(C)(C)[C@H](O[C@@H]5O[C@H](CO)[C@@H](O)[C@H](O)[C@H]5O)CC[C@@]4(C)[C@@H]3C[C@H]2OC1=O. The van der Waals surface area contributed by atoms with Gasteiger partial charge < -0.3 is 34.6 Å². The van der Waals surface area contributed by atoms with Crippen LogP contribution in [0.15, 0.2) is 22.8 Å². The molecule has 2 heterocycles. The predicted molar refractivity (Wildman–Crippen MR) is 121 cm³/mol. The lowest BCUT2D eigenvalue weighted by Crippen LogP contribution is -2.62. The number of rotatable bonds is 3. The number of carbonyl (C=O) groups excluding carboxylic acids is 1. The minimum atomic E-state index is -1.45. The van der Waals surface area contributed by atoms with Gasteiger partial charge in [-0.3, -0.25) is 0 Å². The molecule has 3 aliphatic carbocycles. The highest BCUT2D eigenvalue weighted by atomic mass is 16.7. The molecule has 0 aromatic heterocycles. The summed E-state index contributed by atoms with van der Waals surface area (Å²) in [5, 5.41) is 40.3. The van der Waals surface area contributed by atoms with Crippen LogP contribution in [0.1, 0.15) is 59.8 Å². The first-order valence-electron chi connectivity index (χ1n) is 12.6. The fourth-order valence-corrected chi connectivity index (χ4v) is 7.70. The average Bonchev–Trinajstić information content (AvgIpc) is 3.07. The second-order valence-electron chi connectivity index (χ2n) is 11.8. The molecule has 8 heteroatoms. The molecule has 8 nitrogen and oxygen atoms in total. The van der Waals surface area contributed by atoms with Gasteiger partial charge in [0.05, 0.1) is 12.7 Å². The zero-order chi connectivity index (χ0) is 24.6. The zero-order valence-corrected chi connectivity index (χ0v) is 20.4. The fraction of sp³-hybridized carbons (Fsp3) is 0.808. The Bertz CT molecular complexity index is 906. The van der Waals surface area contributed by atoms with Crippen molar-refractivity contribution in [2.75, 3.05) is 6.61 Å². The third-order valence-electron chi connectivity index (χ3n) is 9.71.